The van der Waals surface area contributed by atoms with Gasteiger partial charge in [-0.3, -0.25) is 4.79 Å². The molecule has 0 atom stereocenters. The quantitative estimate of drug-likeness (QED) is 0.943. The Balaban J connectivity index is 2.17. The molecule has 2 aromatic rings. The molecule has 0 unspecified atom stereocenters. The fraction of sp³-hybridized carbons (Fsp3) is 0.250. The minimum absolute atomic E-state index is 0.239. The topological polar surface area (TPSA) is 59.3 Å². The number of halogens is 1. The van der Waals surface area contributed by atoms with Gasteiger partial charge in [0.05, 0.1) is 0 Å². The molecule has 1 saturated carbocycles. The van der Waals surface area contributed by atoms with Crippen LogP contribution in [0.2, 0.25) is 0 Å². The van der Waals surface area contributed by atoms with Gasteiger partial charge in [-0.05, 0) is 37.0 Å². The molecule has 1 fully saturated rings. The summed E-state index contributed by atoms with van der Waals surface area (Å²) in [6.07, 6.45) is 6.13. The van der Waals surface area contributed by atoms with Crippen molar-refractivity contribution >= 4 is 5.97 Å². The summed E-state index contributed by atoms with van der Waals surface area (Å²) >= 11 is 0. The van der Waals surface area contributed by atoms with Gasteiger partial charge < -0.3 is 9.67 Å². The number of hydrogen-bond acceptors (Lipinski definition) is 2. The molecule has 0 spiro atoms. The van der Waals surface area contributed by atoms with Crippen LogP contribution in [0.5, 0.6) is 0 Å². The third-order valence-electron chi connectivity index (χ3n) is 3.93. The van der Waals surface area contributed by atoms with Gasteiger partial charge in [0, 0.05) is 24.0 Å². The van der Waals surface area contributed by atoms with Gasteiger partial charge in [0.25, 0.3) is 0 Å². The second-order valence-corrected chi connectivity index (χ2v) is 5.26. The second-order valence-electron chi connectivity index (χ2n) is 5.26. The van der Waals surface area contributed by atoms with Gasteiger partial charge in [0.2, 0.25) is 5.43 Å². The largest absolute Gasteiger partial charge is 0.477 e. The number of benzene rings is 1. The van der Waals surface area contributed by atoms with E-state index in [1.807, 2.05) is 0 Å². The first kappa shape index (κ1) is 13.5. The number of nitrogens with zero attached hydrogens (tertiary/aromatic N) is 1. The Morgan fingerprint density at radius 1 is 1.19 bits per heavy atom. The van der Waals surface area contributed by atoms with Crippen LogP contribution >= 0.6 is 0 Å². The highest BCUT2D eigenvalue weighted by Gasteiger charge is 2.22. The molecule has 108 valence electrons. The van der Waals surface area contributed by atoms with E-state index in [2.05, 4.69) is 0 Å². The van der Waals surface area contributed by atoms with E-state index in [4.69, 9.17) is 0 Å². The van der Waals surface area contributed by atoms with Gasteiger partial charge >= 0.3 is 5.97 Å². The van der Waals surface area contributed by atoms with E-state index in [1.54, 1.807) is 10.8 Å². The van der Waals surface area contributed by atoms with Crippen LogP contribution in [0.4, 0.5) is 4.39 Å². The summed E-state index contributed by atoms with van der Waals surface area (Å²) in [7, 11) is 0. The summed E-state index contributed by atoms with van der Waals surface area (Å²) in [6, 6.07) is 5.74. The fourth-order valence-electron chi connectivity index (χ4n) is 2.48. The van der Waals surface area contributed by atoms with Crippen molar-refractivity contribution in [3.63, 3.8) is 0 Å². The van der Waals surface area contributed by atoms with Crippen molar-refractivity contribution < 1.29 is 14.3 Å². The van der Waals surface area contributed by atoms with Crippen LogP contribution in [0.15, 0.2) is 41.5 Å². The van der Waals surface area contributed by atoms with Crippen molar-refractivity contribution in [2.45, 2.75) is 25.3 Å². The molecule has 0 amide bonds. The van der Waals surface area contributed by atoms with Gasteiger partial charge in [-0.25, -0.2) is 9.18 Å². The van der Waals surface area contributed by atoms with Crippen molar-refractivity contribution in [2.75, 3.05) is 0 Å². The highest BCUT2D eigenvalue weighted by Crippen LogP contribution is 2.32. The molecule has 1 heterocycles. The molecule has 0 aliphatic heterocycles. The number of rotatable bonds is 3. The Morgan fingerprint density at radius 2 is 1.86 bits per heavy atom. The molecule has 0 bridgehead atoms. The van der Waals surface area contributed by atoms with E-state index in [-0.39, 0.29) is 11.6 Å². The molecular formula is C16H14FNO3. The smallest absolute Gasteiger partial charge is 0.341 e. The van der Waals surface area contributed by atoms with Crippen LogP contribution in [-0.4, -0.2) is 15.6 Å². The molecule has 1 aromatic carbocycles. The molecule has 1 aliphatic rings. The third-order valence-corrected chi connectivity index (χ3v) is 3.93. The summed E-state index contributed by atoms with van der Waals surface area (Å²) in [5.74, 6) is -1.63. The SMILES string of the molecule is O=C(O)c1cn(C2CCC2)cc(-c2ccc(F)cc2)c1=O. The van der Waals surface area contributed by atoms with Crippen LogP contribution in [-0.2, 0) is 0 Å². The van der Waals surface area contributed by atoms with Gasteiger partial charge in [0.1, 0.15) is 11.4 Å². The Labute approximate surface area is 120 Å². The van der Waals surface area contributed by atoms with Crippen LogP contribution in [0.25, 0.3) is 11.1 Å². The third kappa shape index (κ3) is 2.46. The number of hydrogen-bond donors (Lipinski definition) is 1. The monoisotopic (exact) mass is 287 g/mol. The molecule has 21 heavy (non-hydrogen) atoms. The minimum atomic E-state index is -1.24. The van der Waals surface area contributed by atoms with Crippen LogP contribution in [0.3, 0.4) is 0 Å². The summed E-state index contributed by atoms with van der Waals surface area (Å²) in [4.78, 5) is 23.6. The number of aromatic carboxylic acids is 1. The van der Waals surface area contributed by atoms with Crippen molar-refractivity contribution in [3.8, 4) is 11.1 Å². The Hall–Kier alpha value is -2.43. The molecule has 1 aliphatic carbocycles. The van der Waals surface area contributed by atoms with Crippen LogP contribution < -0.4 is 5.43 Å². The lowest BCUT2D eigenvalue weighted by atomic mass is 9.92. The van der Waals surface area contributed by atoms with E-state index in [9.17, 15) is 19.1 Å². The molecule has 0 radical (unpaired) electrons. The summed E-state index contributed by atoms with van der Waals surface area (Å²) < 4.78 is 14.8. The number of carbonyl (C=O) groups is 1. The lowest BCUT2D eigenvalue weighted by Crippen LogP contribution is -2.24. The zero-order valence-electron chi connectivity index (χ0n) is 11.3. The summed E-state index contributed by atoms with van der Waals surface area (Å²) in [5, 5.41) is 9.20. The minimum Gasteiger partial charge on any atom is -0.477 e. The predicted octanol–water partition coefficient (Wildman–Crippen LogP) is 3.08. The van der Waals surface area contributed by atoms with Crippen LogP contribution in [0, 0.1) is 5.82 Å². The lowest BCUT2D eigenvalue weighted by molar-refractivity contribution is 0.0694. The number of pyridine rings is 1. The molecule has 5 heteroatoms. The predicted molar refractivity (Wildman–Crippen MR) is 75.9 cm³/mol. The Bertz CT molecular complexity index is 745. The van der Waals surface area contributed by atoms with E-state index in [1.165, 1.54) is 30.5 Å². The molecular weight excluding hydrogens is 273 g/mol. The molecule has 1 aromatic heterocycles. The van der Waals surface area contributed by atoms with Gasteiger partial charge in [-0.2, -0.15) is 0 Å². The number of carboxylic acid groups (broad SMARTS) is 1. The number of aromatic nitrogens is 1. The zero-order valence-corrected chi connectivity index (χ0v) is 11.3. The molecule has 0 saturated heterocycles. The zero-order chi connectivity index (χ0) is 15.0. The van der Waals surface area contributed by atoms with Crippen molar-refractivity contribution in [3.05, 3.63) is 58.3 Å². The van der Waals surface area contributed by atoms with Crippen molar-refractivity contribution in [1.29, 1.82) is 0 Å². The first-order chi connectivity index (χ1) is 10.1. The van der Waals surface area contributed by atoms with E-state index in [0.717, 1.165) is 19.3 Å². The second kappa shape index (κ2) is 5.16. The molecule has 3 rings (SSSR count). The number of carboxylic acids is 1. The molecule has 1 N–H and O–H groups in total. The Kier molecular flexibility index (Phi) is 3.33. The normalized spacial score (nSPS) is 14.7. The average Bonchev–Trinajstić information content (AvgIpc) is 2.39. The van der Waals surface area contributed by atoms with Crippen molar-refractivity contribution in [2.24, 2.45) is 0 Å². The first-order valence-corrected chi connectivity index (χ1v) is 6.81. The van der Waals surface area contributed by atoms with Gasteiger partial charge in [0.15, 0.2) is 0 Å². The van der Waals surface area contributed by atoms with Crippen LogP contribution in [0.1, 0.15) is 35.7 Å². The lowest BCUT2D eigenvalue weighted by Gasteiger charge is -2.29. The maximum atomic E-state index is 13.0. The van der Waals surface area contributed by atoms with Gasteiger partial charge in [-0.15, -0.1) is 0 Å². The van der Waals surface area contributed by atoms with E-state index < -0.39 is 17.2 Å². The van der Waals surface area contributed by atoms with E-state index >= 15 is 0 Å². The summed E-state index contributed by atoms with van der Waals surface area (Å²) in [6.45, 7) is 0. The van der Waals surface area contributed by atoms with E-state index in [0.29, 0.717) is 11.1 Å². The average molecular weight is 287 g/mol. The Morgan fingerprint density at radius 3 is 2.38 bits per heavy atom. The summed E-state index contributed by atoms with van der Waals surface area (Å²) in [5.41, 5.74) is 0.0350. The molecule has 4 nitrogen and oxygen atoms in total. The standard InChI is InChI=1S/C16H14FNO3/c17-11-6-4-10(5-7-11)13-8-18(12-2-1-3-12)9-14(15(13)19)16(20)21/h4-9,12H,1-3H2,(H,20,21). The maximum absolute atomic E-state index is 13.0. The first-order valence-electron chi connectivity index (χ1n) is 6.81. The maximum Gasteiger partial charge on any atom is 0.341 e. The highest BCUT2D eigenvalue weighted by atomic mass is 19.1. The van der Waals surface area contributed by atoms with Crippen molar-refractivity contribution in [1.82, 2.24) is 4.57 Å². The van der Waals surface area contributed by atoms with Gasteiger partial charge in [-0.1, -0.05) is 12.1 Å². The highest BCUT2D eigenvalue weighted by molar-refractivity contribution is 5.88. The fourth-order valence-corrected chi connectivity index (χ4v) is 2.48.